The first-order valence-electron chi connectivity index (χ1n) is 5.71. The lowest BCUT2D eigenvalue weighted by Crippen LogP contribution is -2.03. The van der Waals surface area contributed by atoms with Gasteiger partial charge in [-0.1, -0.05) is 6.07 Å². The molecule has 1 heterocycles. The van der Waals surface area contributed by atoms with Gasteiger partial charge in [0.1, 0.15) is 11.3 Å². The lowest BCUT2D eigenvalue weighted by Gasteiger charge is -2.11. The van der Waals surface area contributed by atoms with Crippen molar-refractivity contribution in [1.82, 2.24) is 9.78 Å². The minimum Gasteiger partial charge on any atom is -0.478 e. The van der Waals surface area contributed by atoms with Crippen molar-refractivity contribution in [3.05, 3.63) is 35.2 Å². The fourth-order valence-corrected chi connectivity index (χ4v) is 1.84. The number of aryl methyl sites for hydroxylation is 2. The van der Waals surface area contributed by atoms with Crippen molar-refractivity contribution in [2.75, 3.05) is 5.73 Å². The molecule has 1 aromatic heterocycles. The maximum atomic E-state index is 11.2. The Morgan fingerprint density at radius 1 is 1.37 bits per heavy atom. The molecule has 2 rings (SSSR count). The first-order chi connectivity index (χ1) is 8.91. The summed E-state index contributed by atoms with van der Waals surface area (Å²) >= 11 is 0. The third-order valence-corrected chi connectivity index (χ3v) is 2.92. The van der Waals surface area contributed by atoms with Crippen LogP contribution < -0.4 is 10.5 Å². The number of hydrogen-bond acceptors (Lipinski definition) is 4. The quantitative estimate of drug-likeness (QED) is 0.826. The fraction of sp³-hybridized carbons (Fsp3) is 0.231. The second kappa shape index (κ2) is 4.64. The molecule has 0 saturated heterocycles. The molecule has 0 atom stereocenters. The molecule has 0 amide bonds. The number of anilines is 1. The Balaban J connectivity index is 2.52. The Morgan fingerprint density at radius 3 is 2.58 bits per heavy atom. The first-order valence-corrected chi connectivity index (χ1v) is 5.71. The van der Waals surface area contributed by atoms with Crippen LogP contribution in [0.25, 0.3) is 0 Å². The Bertz CT molecular complexity index is 647. The normalized spacial score (nSPS) is 10.5. The van der Waals surface area contributed by atoms with E-state index in [2.05, 4.69) is 5.10 Å². The highest BCUT2D eigenvalue weighted by Gasteiger charge is 2.18. The van der Waals surface area contributed by atoms with E-state index in [4.69, 9.17) is 15.6 Å². The Labute approximate surface area is 110 Å². The number of hydrogen-bond donors (Lipinski definition) is 2. The van der Waals surface area contributed by atoms with E-state index < -0.39 is 5.97 Å². The molecule has 0 radical (unpaired) electrons. The molecule has 0 spiro atoms. The number of nitrogen functional groups attached to an aromatic ring is 1. The molecule has 0 unspecified atom stereocenters. The summed E-state index contributed by atoms with van der Waals surface area (Å²) in [6, 6.07) is 4.63. The Hall–Kier alpha value is -2.50. The van der Waals surface area contributed by atoms with Crippen molar-refractivity contribution in [2.24, 2.45) is 7.05 Å². The van der Waals surface area contributed by atoms with Crippen LogP contribution >= 0.6 is 0 Å². The largest absolute Gasteiger partial charge is 0.478 e. The van der Waals surface area contributed by atoms with Gasteiger partial charge in [0.25, 0.3) is 0 Å². The molecular weight excluding hydrogens is 246 g/mol. The maximum Gasteiger partial charge on any atom is 0.339 e. The van der Waals surface area contributed by atoms with Crippen LogP contribution in [0.3, 0.4) is 0 Å². The van der Waals surface area contributed by atoms with E-state index in [9.17, 15) is 4.79 Å². The van der Waals surface area contributed by atoms with Gasteiger partial charge in [-0.05, 0) is 26.0 Å². The second-order valence-corrected chi connectivity index (χ2v) is 4.25. The van der Waals surface area contributed by atoms with Crippen LogP contribution in [0, 0.1) is 13.8 Å². The van der Waals surface area contributed by atoms with Gasteiger partial charge >= 0.3 is 5.97 Å². The van der Waals surface area contributed by atoms with Gasteiger partial charge in [-0.2, -0.15) is 5.10 Å². The molecule has 0 aliphatic carbocycles. The highest BCUT2D eigenvalue weighted by Crippen LogP contribution is 2.34. The second-order valence-electron chi connectivity index (χ2n) is 4.25. The lowest BCUT2D eigenvalue weighted by molar-refractivity contribution is 0.0694. The molecule has 19 heavy (non-hydrogen) atoms. The van der Waals surface area contributed by atoms with Gasteiger partial charge in [0, 0.05) is 7.05 Å². The number of aromatic carboxylic acids is 1. The third-order valence-electron chi connectivity index (χ3n) is 2.92. The third kappa shape index (κ3) is 2.24. The maximum absolute atomic E-state index is 11.2. The predicted octanol–water partition coefficient (Wildman–Crippen LogP) is 2.11. The number of para-hydroxylation sites is 1. The molecule has 6 nitrogen and oxygen atoms in total. The number of nitrogens with two attached hydrogens (primary N) is 1. The van der Waals surface area contributed by atoms with E-state index in [1.807, 2.05) is 6.92 Å². The van der Waals surface area contributed by atoms with Crippen molar-refractivity contribution < 1.29 is 14.6 Å². The highest BCUT2D eigenvalue weighted by atomic mass is 16.5. The molecule has 1 aromatic carbocycles. The van der Waals surface area contributed by atoms with E-state index in [-0.39, 0.29) is 17.0 Å². The Kier molecular flexibility index (Phi) is 3.16. The fourth-order valence-electron chi connectivity index (χ4n) is 1.84. The van der Waals surface area contributed by atoms with Gasteiger partial charge in [0.15, 0.2) is 11.5 Å². The number of ether oxygens (including phenoxy) is 1. The smallest absolute Gasteiger partial charge is 0.339 e. The van der Waals surface area contributed by atoms with Crippen LogP contribution in [0.2, 0.25) is 0 Å². The van der Waals surface area contributed by atoms with Crippen LogP contribution in [0.15, 0.2) is 18.2 Å². The van der Waals surface area contributed by atoms with Gasteiger partial charge in [-0.15, -0.1) is 0 Å². The van der Waals surface area contributed by atoms with Crippen molar-refractivity contribution in [1.29, 1.82) is 0 Å². The lowest BCUT2D eigenvalue weighted by atomic mass is 10.1. The summed E-state index contributed by atoms with van der Waals surface area (Å²) in [6.45, 7) is 3.64. The van der Waals surface area contributed by atoms with Gasteiger partial charge in [-0.3, -0.25) is 4.68 Å². The summed E-state index contributed by atoms with van der Waals surface area (Å²) in [5, 5.41) is 13.4. The van der Waals surface area contributed by atoms with E-state index >= 15 is 0 Å². The molecular formula is C13H15N3O3. The number of carboxylic acids is 1. The van der Waals surface area contributed by atoms with Gasteiger partial charge in [0.2, 0.25) is 0 Å². The summed E-state index contributed by atoms with van der Waals surface area (Å²) in [5.74, 6) is -0.404. The zero-order valence-corrected chi connectivity index (χ0v) is 11.0. The van der Waals surface area contributed by atoms with Crippen molar-refractivity contribution in [3.63, 3.8) is 0 Å². The van der Waals surface area contributed by atoms with Crippen LogP contribution in [-0.2, 0) is 7.05 Å². The van der Waals surface area contributed by atoms with Crippen LogP contribution in [0.1, 0.15) is 21.7 Å². The molecule has 0 fully saturated rings. The summed E-state index contributed by atoms with van der Waals surface area (Å²) in [5.41, 5.74) is 7.59. The molecule has 100 valence electrons. The summed E-state index contributed by atoms with van der Waals surface area (Å²) < 4.78 is 7.37. The van der Waals surface area contributed by atoms with Crippen LogP contribution in [0.5, 0.6) is 11.5 Å². The van der Waals surface area contributed by atoms with Crippen LogP contribution in [-0.4, -0.2) is 20.9 Å². The number of carbonyl (C=O) groups is 1. The molecule has 6 heteroatoms. The minimum absolute atomic E-state index is 0.0302. The Morgan fingerprint density at radius 2 is 2.05 bits per heavy atom. The van der Waals surface area contributed by atoms with Crippen molar-refractivity contribution in [2.45, 2.75) is 13.8 Å². The SMILES string of the molecule is Cc1nn(C)c(C)c1Oc1c(N)cccc1C(=O)O. The number of aromatic nitrogens is 2. The molecule has 3 N–H and O–H groups in total. The van der Waals surface area contributed by atoms with Crippen LogP contribution in [0.4, 0.5) is 5.69 Å². The molecule has 0 saturated carbocycles. The summed E-state index contributed by atoms with van der Waals surface area (Å²) in [6.07, 6.45) is 0. The first kappa shape index (κ1) is 12.9. The van der Waals surface area contributed by atoms with Gasteiger partial charge in [0.05, 0.1) is 11.4 Å². The minimum atomic E-state index is -1.08. The van der Waals surface area contributed by atoms with E-state index in [1.54, 1.807) is 30.8 Å². The molecule has 2 aromatic rings. The van der Waals surface area contributed by atoms with E-state index in [1.165, 1.54) is 6.07 Å². The standard InChI is InChI=1S/C13H15N3O3/c1-7-11(8(2)16(3)15-7)19-12-9(13(17)18)5-4-6-10(12)14/h4-6H,14H2,1-3H3,(H,17,18). The zero-order chi connectivity index (χ0) is 14.2. The van der Waals surface area contributed by atoms with E-state index in [0.717, 1.165) is 5.69 Å². The highest BCUT2D eigenvalue weighted by molar-refractivity contribution is 5.93. The number of rotatable bonds is 3. The average molecular weight is 261 g/mol. The summed E-state index contributed by atoms with van der Waals surface area (Å²) in [4.78, 5) is 11.2. The zero-order valence-electron chi connectivity index (χ0n) is 11.0. The van der Waals surface area contributed by atoms with Gasteiger partial charge < -0.3 is 15.6 Å². The predicted molar refractivity (Wildman–Crippen MR) is 70.6 cm³/mol. The van der Waals surface area contributed by atoms with Crippen molar-refractivity contribution in [3.8, 4) is 11.5 Å². The monoisotopic (exact) mass is 261 g/mol. The number of nitrogens with zero attached hydrogens (tertiary/aromatic N) is 2. The molecule has 0 aliphatic heterocycles. The van der Waals surface area contributed by atoms with E-state index in [0.29, 0.717) is 11.4 Å². The number of carboxylic acid groups (broad SMARTS) is 1. The molecule has 0 aliphatic rings. The summed E-state index contributed by atoms with van der Waals surface area (Å²) in [7, 11) is 1.79. The van der Waals surface area contributed by atoms with Crippen molar-refractivity contribution >= 4 is 11.7 Å². The average Bonchev–Trinajstić information content (AvgIpc) is 2.57. The molecule has 0 bridgehead atoms. The topological polar surface area (TPSA) is 90.4 Å². The number of benzene rings is 1. The van der Waals surface area contributed by atoms with Gasteiger partial charge in [-0.25, -0.2) is 4.79 Å².